The summed E-state index contributed by atoms with van der Waals surface area (Å²) >= 11 is 6.09. The number of anilines is 1. The first kappa shape index (κ1) is 26.1. The topological polar surface area (TPSA) is 106 Å². The Balaban J connectivity index is 1.21. The molecule has 0 aliphatic carbocycles. The lowest BCUT2D eigenvalue weighted by Crippen LogP contribution is -2.50. The predicted molar refractivity (Wildman–Crippen MR) is 138 cm³/mol. The lowest BCUT2D eigenvalue weighted by molar-refractivity contribution is -0.0332. The molecule has 4 rings (SSSR count). The molecule has 2 heterocycles. The summed E-state index contributed by atoms with van der Waals surface area (Å²) in [7, 11) is 1.48. The second kappa shape index (κ2) is 12.3. The maximum Gasteiger partial charge on any atom is 0.415 e. The van der Waals surface area contributed by atoms with Crippen LogP contribution in [0, 0.1) is 5.92 Å². The second-order valence-electron chi connectivity index (χ2n) is 9.15. The number of methoxy groups -OCH3 is 1. The zero-order chi connectivity index (χ0) is 25.5. The van der Waals surface area contributed by atoms with E-state index in [0.717, 1.165) is 32.5 Å². The molecule has 2 aliphatic heterocycles. The molecule has 2 amide bonds. The van der Waals surface area contributed by atoms with Crippen molar-refractivity contribution >= 4 is 29.3 Å². The molecule has 0 bridgehead atoms. The number of rotatable bonds is 7. The van der Waals surface area contributed by atoms with Crippen molar-refractivity contribution in [2.24, 2.45) is 5.92 Å². The summed E-state index contributed by atoms with van der Waals surface area (Å²) in [6.07, 6.45) is 1.46. The van der Waals surface area contributed by atoms with E-state index in [1.54, 1.807) is 23.1 Å². The van der Waals surface area contributed by atoms with Gasteiger partial charge < -0.3 is 30.2 Å². The van der Waals surface area contributed by atoms with Crippen LogP contribution in [0.5, 0.6) is 11.5 Å². The summed E-state index contributed by atoms with van der Waals surface area (Å²) in [6, 6.07) is 12.2. The highest BCUT2D eigenvalue weighted by atomic mass is 35.5. The van der Waals surface area contributed by atoms with Crippen LogP contribution >= 0.6 is 11.6 Å². The second-order valence-corrected chi connectivity index (χ2v) is 9.56. The molecule has 2 aliphatic rings. The summed E-state index contributed by atoms with van der Waals surface area (Å²) in [6.45, 7) is 4.89. The number of para-hydroxylation sites is 1. The van der Waals surface area contributed by atoms with Crippen molar-refractivity contribution in [3.63, 3.8) is 0 Å². The lowest BCUT2D eigenvalue weighted by Gasteiger charge is -2.38. The minimum atomic E-state index is -0.291. The van der Waals surface area contributed by atoms with Crippen molar-refractivity contribution in [3.8, 4) is 11.5 Å². The summed E-state index contributed by atoms with van der Waals surface area (Å²) in [4.78, 5) is 29.3. The predicted octanol–water partition coefficient (Wildman–Crippen LogP) is 3.27. The molecule has 9 nitrogen and oxygen atoms in total. The monoisotopic (exact) mass is 516 g/mol. The van der Waals surface area contributed by atoms with E-state index in [9.17, 15) is 9.59 Å². The van der Waals surface area contributed by atoms with E-state index in [1.165, 1.54) is 13.2 Å². The van der Waals surface area contributed by atoms with Gasteiger partial charge in [0.25, 0.3) is 5.91 Å². The highest BCUT2D eigenvalue weighted by Gasteiger charge is 2.28. The van der Waals surface area contributed by atoms with Gasteiger partial charge in [-0.2, -0.15) is 0 Å². The van der Waals surface area contributed by atoms with Crippen LogP contribution in [0.15, 0.2) is 42.5 Å². The van der Waals surface area contributed by atoms with Gasteiger partial charge in [-0.1, -0.05) is 29.8 Å². The number of amides is 2. The molecule has 3 N–H and O–H groups in total. The van der Waals surface area contributed by atoms with Crippen molar-refractivity contribution in [2.45, 2.75) is 18.9 Å². The smallest absolute Gasteiger partial charge is 0.415 e. The molecule has 36 heavy (non-hydrogen) atoms. The number of piperidine rings is 1. The van der Waals surface area contributed by atoms with Gasteiger partial charge in [-0.3, -0.25) is 9.69 Å². The number of nitrogen functional groups attached to an aromatic ring is 1. The number of hydrogen-bond acceptors (Lipinski definition) is 7. The number of likely N-dealkylation sites (tertiary alicyclic amines) is 1. The number of hydrogen-bond donors (Lipinski definition) is 2. The summed E-state index contributed by atoms with van der Waals surface area (Å²) < 4.78 is 16.6. The van der Waals surface area contributed by atoms with Crippen LogP contribution in [0.3, 0.4) is 0 Å². The number of nitrogens with two attached hydrogens (primary N) is 1. The van der Waals surface area contributed by atoms with Crippen LogP contribution in [0.25, 0.3) is 0 Å². The molecule has 1 atom stereocenters. The third kappa shape index (κ3) is 6.81. The maximum atomic E-state index is 12.7. The summed E-state index contributed by atoms with van der Waals surface area (Å²) in [5.41, 5.74) is 6.50. The third-order valence-electron chi connectivity index (χ3n) is 6.61. The zero-order valence-electron chi connectivity index (χ0n) is 20.5. The van der Waals surface area contributed by atoms with E-state index in [1.807, 2.05) is 18.2 Å². The average molecular weight is 517 g/mol. The van der Waals surface area contributed by atoms with E-state index < -0.39 is 0 Å². The molecular formula is C26H33ClN4O5. The van der Waals surface area contributed by atoms with Crippen molar-refractivity contribution < 1.29 is 23.8 Å². The number of halogens is 1. The highest BCUT2D eigenvalue weighted by Crippen LogP contribution is 2.29. The standard InChI is InChI=1S/C26H33ClN4O5/c1-34-24-14-23(28)22(27)13-21(24)25(32)29-15-20-17-30(11-12-35-20)16-18-7-9-31(10-8-18)26(33)36-19-5-3-2-4-6-19/h2-6,13-14,18,20H,7-12,15-17,28H2,1H3,(H,29,32). The molecule has 0 radical (unpaired) electrons. The van der Waals surface area contributed by atoms with Crippen LogP contribution in [-0.4, -0.2) is 80.9 Å². The summed E-state index contributed by atoms with van der Waals surface area (Å²) in [5, 5.41) is 3.23. The normalized spacial score (nSPS) is 19.1. The van der Waals surface area contributed by atoms with Gasteiger partial charge in [0.1, 0.15) is 11.5 Å². The Labute approximate surface area is 216 Å². The van der Waals surface area contributed by atoms with Gasteiger partial charge >= 0.3 is 6.09 Å². The highest BCUT2D eigenvalue weighted by molar-refractivity contribution is 6.33. The number of nitrogens with one attached hydrogen (secondary N) is 1. The maximum absolute atomic E-state index is 12.7. The van der Waals surface area contributed by atoms with Gasteiger partial charge in [0.05, 0.1) is 36.1 Å². The van der Waals surface area contributed by atoms with Crippen LogP contribution in [0.4, 0.5) is 10.5 Å². The van der Waals surface area contributed by atoms with Gasteiger partial charge in [-0.15, -0.1) is 0 Å². The first-order valence-corrected chi connectivity index (χ1v) is 12.6. The molecule has 2 saturated heterocycles. The number of carbonyl (C=O) groups is 2. The molecule has 2 aromatic carbocycles. The van der Waals surface area contributed by atoms with E-state index in [4.69, 9.17) is 31.5 Å². The number of ether oxygens (including phenoxy) is 3. The van der Waals surface area contributed by atoms with Crippen LogP contribution in [0.1, 0.15) is 23.2 Å². The number of carbonyl (C=O) groups excluding carboxylic acids is 2. The molecule has 2 fully saturated rings. The Morgan fingerprint density at radius 2 is 1.92 bits per heavy atom. The van der Waals surface area contributed by atoms with Crippen LogP contribution in [0.2, 0.25) is 5.02 Å². The fraction of sp³-hybridized carbons (Fsp3) is 0.462. The Morgan fingerprint density at radius 3 is 2.64 bits per heavy atom. The van der Waals surface area contributed by atoms with Crippen molar-refractivity contribution in [2.75, 3.05) is 58.7 Å². The largest absolute Gasteiger partial charge is 0.496 e. The first-order valence-electron chi connectivity index (χ1n) is 12.2. The SMILES string of the molecule is COc1cc(N)c(Cl)cc1C(=O)NCC1CN(CC2CCN(C(=O)Oc3ccccc3)CC2)CCO1. The Hall–Kier alpha value is -3.01. The van der Waals surface area contributed by atoms with Gasteiger partial charge in [-0.25, -0.2) is 4.79 Å². The Bertz CT molecular complexity index is 1050. The van der Waals surface area contributed by atoms with Crippen molar-refractivity contribution in [3.05, 3.63) is 53.1 Å². The summed E-state index contributed by atoms with van der Waals surface area (Å²) in [5.74, 6) is 1.15. The lowest BCUT2D eigenvalue weighted by atomic mass is 9.96. The van der Waals surface area contributed by atoms with E-state index in [2.05, 4.69) is 10.2 Å². The fourth-order valence-electron chi connectivity index (χ4n) is 4.60. The Kier molecular flexibility index (Phi) is 8.90. The van der Waals surface area contributed by atoms with E-state index in [-0.39, 0.29) is 18.1 Å². The quantitative estimate of drug-likeness (QED) is 0.544. The minimum absolute atomic E-state index is 0.112. The average Bonchev–Trinajstić information content (AvgIpc) is 2.90. The molecule has 0 spiro atoms. The third-order valence-corrected chi connectivity index (χ3v) is 6.94. The van der Waals surface area contributed by atoms with Crippen LogP contribution < -0.4 is 20.5 Å². The van der Waals surface area contributed by atoms with Crippen LogP contribution in [-0.2, 0) is 4.74 Å². The number of benzene rings is 2. The molecule has 0 aromatic heterocycles. The molecule has 194 valence electrons. The molecule has 1 unspecified atom stereocenters. The van der Waals surface area contributed by atoms with Gasteiger partial charge in [0.15, 0.2) is 0 Å². The minimum Gasteiger partial charge on any atom is -0.496 e. The molecule has 2 aromatic rings. The zero-order valence-corrected chi connectivity index (χ0v) is 21.2. The van der Waals surface area contributed by atoms with Gasteiger partial charge in [0.2, 0.25) is 0 Å². The Morgan fingerprint density at radius 1 is 1.17 bits per heavy atom. The van der Waals surface area contributed by atoms with E-state index >= 15 is 0 Å². The van der Waals surface area contributed by atoms with E-state index in [0.29, 0.717) is 59.9 Å². The van der Waals surface area contributed by atoms with Crippen molar-refractivity contribution in [1.29, 1.82) is 0 Å². The molecule has 10 heteroatoms. The number of morpholine rings is 1. The molecular weight excluding hydrogens is 484 g/mol. The fourth-order valence-corrected chi connectivity index (χ4v) is 4.77. The molecule has 0 saturated carbocycles. The van der Waals surface area contributed by atoms with Crippen molar-refractivity contribution in [1.82, 2.24) is 15.1 Å². The van der Waals surface area contributed by atoms with Gasteiger partial charge in [0, 0.05) is 45.3 Å². The first-order chi connectivity index (χ1) is 17.4. The number of nitrogens with zero attached hydrogens (tertiary/aromatic N) is 2. The van der Waals surface area contributed by atoms with Gasteiger partial charge in [-0.05, 0) is 37.0 Å².